The molecule has 0 aliphatic heterocycles. The summed E-state index contributed by atoms with van der Waals surface area (Å²) in [5.74, 6) is 1.85. The number of hydrogen-bond donors (Lipinski definition) is 0. The second-order valence-corrected chi connectivity index (χ2v) is 12.5. The highest BCUT2D eigenvalue weighted by atomic mass is 16.6. The highest BCUT2D eigenvalue weighted by Gasteiger charge is 2.75. The van der Waals surface area contributed by atoms with E-state index in [2.05, 4.69) is 13.8 Å². The zero-order valence-electron chi connectivity index (χ0n) is 18.1. The minimum Gasteiger partial charge on any atom is -0.458 e. The molecule has 8 aliphatic carbocycles. The van der Waals surface area contributed by atoms with Gasteiger partial charge in [-0.1, -0.05) is 12.2 Å². The van der Waals surface area contributed by atoms with Crippen molar-refractivity contribution in [3.63, 3.8) is 0 Å². The fourth-order valence-electron chi connectivity index (χ4n) is 10.1. The van der Waals surface area contributed by atoms with Gasteiger partial charge in [0.05, 0.1) is 0 Å². The van der Waals surface area contributed by atoms with Gasteiger partial charge in [0.1, 0.15) is 16.8 Å². The average Bonchev–Trinajstić information content (AvgIpc) is 3.36. The Kier molecular flexibility index (Phi) is 3.21. The number of Topliss-reactive ketones (excluding diaryl/α,β-unsaturated/α-hetero) is 2. The predicted molar refractivity (Wildman–Crippen MR) is 109 cm³/mol. The number of allylic oxidation sites excluding steroid dienone is 1. The van der Waals surface area contributed by atoms with E-state index in [1.807, 2.05) is 12.2 Å². The molecule has 7 saturated carbocycles. The lowest BCUT2D eigenvalue weighted by molar-refractivity contribution is -0.207. The number of carbonyl (C=O) groups excluding carboxylic acids is 3. The Hall–Kier alpha value is -1.45. The number of rotatable bonds is 3. The third-order valence-electron chi connectivity index (χ3n) is 11.1. The molecule has 0 aromatic heterocycles. The van der Waals surface area contributed by atoms with Gasteiger partial charge in [-0.15, -0.1) is 0 Å². The van der Waals surface area contributed by atoms with Gasteiger partial charge in [-0.2, -0.15) is 0 Å². The van der Waals surface area contributed by atoms with Gasteiger partial charge in [0.25, 0.3) is 0 Å². The Bertz CT molecular complexity index is 877. The van der Waals surface area contributed by atoms with E-state index in [4.69, 9.17) is 4.74 Å². The Balaban J connectivity index is 1.22. The molecule has 30 heavy (non-hydrogen) atoms. The Labute approximate surface area is 178 Å². The number of hydrogen-bond acceptors (Lipinski definition) is 4. The van der Waals surface area contributed by atoms with Crippen molar-refractivity contribution in [2.45, 2.75) is 70.8 Å². The summed E-state index contributed by atoms with van der Waals surface area (Å²) in [6.07, 6.45) is 13.0. The quantitative estimate of drug-likeness (QED) is 0.305. The molecule has 6 atom stereocenters. The molecule has 8 aliphatic rings. The van der Waals surface area contributed by atoms with Crippen molar-refractivity contribution in [3.05, 3.63) is 12.2 Å². The molecule has 0 aromatic carbocycles. The minimum atomic E-state index is -1.19. The van der Waals surface area contributed by atoms with Gasteiger partial charge in [-0.25, -0.2) is 0 Å². The lowest BCUT2D eigenvalue weighted by Crippen LogP contribution is -2.58. The molecule has 0 radical (unpaired) electrons. The summed E-state index contributed by atoms with van der Waals surface area (Å²) in [5, 5.41) is 0. The predicted octanol–water partition coefficient (Wildman–Crippen LogP) is 4.12. The van der Waals surface area contributed by atoms with Crippen molar-refractivity contribution in [1.82, 2.24) is 0 Å². The monoisotopic (exact) mass is 408 g/mol. The number of fused-ring (bicyclic) bond motifs is 9. The van der Waals surface area contributed by atoms with E-state index >= 15 is 0 Å². The molecular formula is C26H32O4. The van der Waals surface area contributed by atoms with Crippen molar-refractivity contribution in [1.29, 1.82) is 0 Å². The molecule has 0 aromatic rings. The highest BCUT2D eigenvalue weighted by Crippen LogP contribution is 2.69. The zero-order chi connectivity index (χ0) is 20.6. The summed E-state index contributed by atoms with van der Waals surface area (Å²) >= 11 is 0. The van der Waals surface area contributed by atoms with Gasteiger partial charge in [-0.05, 0) is 94.8 Å². The van der Waals surface area contributed by atoms with Crippen LogP contribution in [-0.4, -0.2) is 23.1 Å². The van der Waals surface area contributed by atoms with Crippen LogP contribution in [-0.2, 0) is 19.1 Å². The molecule has 0 amide bonds. The zero-order valence-corrected chi connectivity index (χ0v) is 18.1. The molecule has 0 N–H and O–H groups in total. The van der Waals surface area contributed by atoms with E-state index in [0.717, 1.165) is 49.9 Å². The summed E-state index contributed by atoms with van der Waals surface area (Å²) in [4.78, 5) is 40.1. The van der Waals surface area contributed by atoms with Crippen LogP contribution in [0.1, 0.15) is 65.2 Å². The Morgan fingerprint density at radius 3 is 2.23 bits per heavy atom. The first-order valence-electron chi connectivity index (χ1n) is 12.3. The van der Waals surface area contributed by atoms with Gasteiger partial charge in [0, 0.05) is 23.2 Å². The van der Waals surface area contributed by atoms with Gasteiger partial charge in [0.2, 0.25) is 0 Å². The number of esters is 1. The van der Waals surface area contributed by atoms with E-state index < -0.39 is 11.0 Å². The summed E-state index contributed by atoms with van der Waals surface area (Å²) in [5.41, 5.74) is -1.70. The highest BCUT2D eigenvalue weighted by molar-refractivity contribution is 6.14. The first-order chi connectivity index (χ1) is 14.3. The molecule has 8 bridgehead atoms. The molecule has 6 unspecified atom stereocenters. The van der Waals surface area contributed by atoms with Crippen LogP contribution >= 0.6 is 0 Å². The van der Waals surface area contributed by atoms with E-state index in [1.54, 1.807) is 0 Å². The maximum Gasteiger partial charge on any atom is 0.324 e. The second kappa shape index (κ2) is 5.30. The molecule has 0 heterocycles. The van der Waals surface area contributed by atoms with Crippen LogP contribution in [0.3, 0.4) is 0 Å². The van der Waals surface area contributed by atoms with Crippen LogP contribution in [0.5, 0.6) is 0 Å². The van der Waals surface area contributed by atoms with Crippen molar-refractivity contribution < 1.29 is 19.1 Å². The van der Waals surface area contributed by atoms with Gasteiger partial charge >= 0.3 is 5.97 Å². The number of ether oxygens (including phenoxy) is 1. The molecule has 4 nitrogen and oxygen atoms in total. The number of ketones is 2. The van der Waals surface area contributed by atoms with E-state index in [9.17, 15) is 14.4 Å². The van der Waals surface area contributed by atoms with Gasteiger partial charge < -0.3 is 4.74 Å². The summed E-state index contributed by atoms with van der Waals surface area (Å²) < 4.78 is 6.43. The van der Waals surface area contributed by atoms with E-state index in [1.165, 1.54) is 19.3 Å². The summed E-state index contributed by atoms with van der Waals surface area (Å²) in [6.45, 7) is 4.21. The second-order valence-electron chi connectivity index (χ2n) is 12.5. The fourth-order valence-corrected chi connectivity index (χ4v) is 10.1. The summed E-state index contributed by atoms with van der Waals surface area (Å²) in [7, 11) is 0. The molecule has 8 rings (SSSR count). The van der Waals surface area contributed by atoms with Crippen LogP contribution in [0.2, 0.25) is 0 Å². The normalized spacial score (nSPS) is 54.3. The minimum absolute atomic E-state index is 0.00950. The summed E-state index contributed by atoms with van der Waals surface area (Å²) in [6, 6.07) is 0. The first-order valence-corrected chi connectivity index (χ1v) is 12.3. The van der Waals surface area contributed by atoms with Gasteiger partial charge in [0.15, 0.2) is 5.78 Å². The first kappa shape index (κ1) is 18.2. The third-order valence-corrected chi connectivity index (χ3v) is 11.1. The molecule has 0 saturated heterocycles. The van der Waals surface area contributed by atoms with Crippen LogP contribution < -0.4 is 0 Å². The Morgan fingerprint density at radius 2 is 1.60 bits per heavy atom. The van der Waals surface area contributed by atoms with Crippen LogP contribution in [0.4, 0.5) is 0 Å². The van der Waals surface area contributed by atoms with Crippen molar-refractivity contribution >= 4 is 17.5 Å². The van der Waals surface area contributed by atoms with Crippen LogP contribution in [0.25, 0.3) is 0 Å². The van der Waals surface area contributed by atoms with Crippen molar-refractivity contribution in [2.24, 2.45) is 58.2 Å². The lowest BCUT2D eigenvalue weighted by Gasteiger charge is -2.61. The van der Waals surface area contributed by atoms with Crippen molar-refractivity contribution in [2.75, 3.05) is 0 Å². The van der Waals surface area contributed by atoms with E-state index in [0.29, 0.717) is 5.78 Å². The maximum atomic E-state index is 13.9. The maximum absolute atomic E-state index is 13.9. The van der Waals surface area contributed by atoms with E-state index in [-0.39, 0.29) is 46.8 Å². The average molecular weight is 409 g/mol. The van der Waals surface area contributed by atoms with Crippen LogP contribution in [0.15, 0.2) is 12.2 Å². The molecular weight excluding hydrogens is 376 g/mol. The largest absolute Gasteiger partial charge is 0.458 e. The fraction of sp³-hybridized carbons (Fsp3) is 0.808. The topological polar surface area (TPSA) is 60.4 Å². The lowest BCUT2D eigenvalue weighted by atomic mass is 9.46. The molecule has 4 heteroatoms. The van der Waals surface area contributed by atoms with Crippen molar-refractivity contribution in [3.8, 4) is 0 Å². The molecule has 0 spiro atoms. The SMILES string of the molecule is CC(C)(OC(=O)C12C=CC(C1=O)C1C3CCC(C3=O)C12)C12CC3CC(CC(C3)C1)C2. The third kappa shape index (κ3) is 1.86. The Morgan fingerprint density at radius 1 is 1.00 bits per heavy atom. The van der Waals surface area contributed by atoms with Gasteiger partial charge in [-0.3, -0.25) is 14.4 Å². The number of carbonyl (C=O) groups is 3. The smallest absolute Gasteiger partial charge is 0.324 e. The van der Waals surface area contributed by atoms with Crippen LogP contribution in [0, 0.1) is 58.2 Å². The molecule has 7 fully saturated rings. The standard InChI is InChI=1S/C26H32O4/c1-24(2,25-10-13-7-14(11-25)9-15(8-13)12-25)30-23(29)26-6-5-17(22(26)28)19-16-3-4-18(20(19)26)21(16)27/h5-6,13-20H,3-4,7-12H2,1-2H3. The molecule has 160 valence electrons.